The minimum atomic E-state index is -3.62. The van der Waals surface area contributed by atoms with Crippen LogP contribution in [-0.4, -0.2) is 38.8 Å². The van der Waals surface area contributed by atoms with Gasteiger partial charge in [0.25, 0.3) is 0 Å². The number of rotatable bonds is 9. The van der Waals surface area contributed by atoms with Crippen molar-refractivity contribution < 1.29 is 17.9 Å². The van der Waals surface area contributed by atoms with E-state index >= 15 is 0 Å². The van der Waals surface area contributed by atoms with Crippen LogP contribution in [0.2, 0.25) is 0 Å². The van der Waals surface area contributed by atoms with E-state index in [0.29, 0.717) is 24.5 Å². The molecule has 1 amide bonds. The van der Waals surface area contributed by atoms with E-state index in [-0.39, 0.29) is 23.1 Å². The average molecular weight is 405 g/mol. The van der Waals surface area contributed by atoms with Gasteiger partial charge in [0.2, 0.25) is 15.9 Å². The van der Waals surface area contributed by atoms with Gasteiger partial charge in [0.15, 0.2) is 0 Å². The quantitative estimate of drug-likeness (QED) is 0.689. The monoisotopic (exact) mass is 404 g/mol. The zero-order valence-corrected chi connectivity index (χ0v) is 17.6. The summed E-state index contributed by atoms with van der Waals surface area (Å²) in [4.78, 5) is 12.7. The lowest BCUT2D eigenvalue weighted by Gasteiger charge is -2.20. The van der Waals surface area contributed by atoms with Crippen molar-refractivity contribution >= 4 is 21.6 Å². The second kappa shape index (κ2) is 9.71. The number of carbonyl (C=O) groups excluding carboxylic acids is 1. The smallest absolute Gasteiger partial charge is 0.243 e. The number of hydrogen-bond donors (Lipinski definition) is 1. The number of methoxy groups -OCH3 is 1. The van der Waals surface area contributed by atoms with Crippen LogP contribution in [-0.2, 0) is 14.8 Å². The molecule has 0 saturated carbocycles. The van der Waals surface area contributed by atoms with Crippen LogP contribution in [0.5, 0.6) is 5.75 Å². The van der Waals surface area contributed by atoms with Gasteiger partial charge in [-0.1, -0.05) is 51.1 Å². The van der Waals surface area contributed by atoms with Crippen LogP contribution in [0.15, 0.2) is 53.4 Å². The second-order valence-corrected chi connectivity index (χ2v) is 8.45. The van der Waals surface area contributed by atoms with Gasteiger partial charge in [-0.15, -0.1) is 0 Å². The van der Waals surface area contributed by atoms with E-state index in [2.05, 4.69) is 5.32 Å². The van der Waals surface area contributed by atoms with Crippen LogP contribution in [0, 0.1) is 0 Å². The molecule has 152 valence electrons. The third kappa shape index (κ3) is 5.11. The van der Waals surface area contributed by atoms with Crippen molar-refractivity contribution in [2.75, 3.05) is 25.5 Å². The maximum Gasteiger partial charge on any atom is 0.243 e. The topological polar surface area (TPSA) is 75.7 Å². The summed E-state index contributed by atoms with van der Waals surface area (Å²) in [6.07, 6.45) is 0.278. The Balaban J connectivity index is 2.23. The van der Waals surface area contributed by atoms with Crippen LogP contribution in [0.4, 0.5) is 5.69 Å². The Labute approximate surface area is 167 Å². The molecule has 0 radical (unpaired) electrons. The van der Waals surface area contributed by atoms with Crippen LogP contribution < -0.4 is 10.1 Å². The number of nitrogens with one attached hydrogen (secondary N) is 1. The maximum atomic E-state index is 12.8. The van der Waals surface area contributed by atoms with Crippen molar-refractivity contribution in [2.45, 2.75) is 38.0 Å². The molecule has 1 atom stereocenters. The first-order chi connectivity index (χ1) is 13.3. The second-order valence-electron chi connectivity index (χ2n) is 6.52. The number of ether oxygens (including phenoxy) is 1. The molecule has 2 rings (SSSR count). The summed E-state index contributed by atoms with van der Waals surface area (Å²) in [7, 11) is -2.14. The molecular formula is C21H28N2O4S. The van der Waals surface area contributed by atoms with Gasteiger partial charge in [-0.05, 0) is 29.7 Å². The van der Waals surface area contributed by atoms with E-state index in [9.17, 15) is 13.2 Å². The molecular weight excluding hydrogens is 376 g/mol. The lowest BCUT2D eigenvalue weighted by atomic mass is 9.97. The maximum absolute atomic E-state index is 12.8. The highest BCUT2D eigenvalue weighted by Gasteiger charge is 2.23. The molecule has 28 heavy (non-hydrogen) atoms. The van der Waals surface area contributed by atoms with Crippen molar-refractivity contribution in [3.05, 3.63) is 54.1 Å². The van der Waals surface area contributed by atoms with Gasteiger partial charge >= 0.3 is 0 Å². The van der Waals surface area contributed by atoms with Gasteiger partial charge in [0.05, 0.1) is 17.7 Å². The van der Waals surface area contributed by atoms with Gasteiger partial charge < -0.3 is 10.1 Å². The van der Waals surface area contributed by atoms with E-state index in [4.69, 9.17) is 4.74 Å². The Kier molecular flexibility index (Phi) is 7.60. The molecule has 2 aromatic carbocycles. The minimum Gasteiger partial charge on any atom is -0.495 e. The van der Waals surface area contributed by atoms with Crippen LogP contribution >= 0.6 is 0 Å². The fourth-order valence-electron chi connectivity index (χ4n) is 3.04. The number of sulfonamides is 1. The van der Waals surface area contributed by atoms with E-state index in [0.717, 1.165) is 5.56 Å². The molecule has 0 bridgehead atoms. The Bertz CT molecular complexity index is 894. The lowest BCUT2D eigenvalue weighted by Crippen LogP contribution is -2.30. The van der Waals surface area contributed by atoms with Crippen molar-refractivity contribution in [1.82, 2.24) is 4.31 Å². The van der Waals surface area contributed by atoms with E-state index in [1.54, 1.807) is 19.9 Å². The Morgan fingerprint density at radius 3 is 2.32 bits per heavy atom. The van der Waals surface area contributed by atoms with Gasteiger partial charge in [-0.25, -0.2) is 8.42 Å². The van der Waals surface area contributed by atoms with Gasteiger partial charge in [-0.2, -0.15) is 4.31 Å². The molecule has 7 heteroatoms. The number of anilines is 1. The highest BCUT2D eigenvalue weighted by atomic mass is 32.2. The van der Waals surface area contributed by atoms with Crippen LogP contribution in [0.1, 0.15) is 38.7 Å². The number of hydrogen-bond acceptors (Lipinski definition) is 4. The third-order valence-electron chi connectivity index (χ3n) is 4.65. The molecule has 0 saturated heterocycles. The standard InChI is InChI=1S/C21H28N2O4S/c1-5-23(6-2)28(25,26)18-12-13-20(27-4)19(15-18)22-21(24)14-16(3)17-10-8-7-9-11-17/h7-13,15-16H,5-6,14H2,1-4H3,(H,22,24). The summed E-state index contributed by atoms with van der Waals surface area (Å²) < 4.78 is 32.2. The molecule has 1 N–H and O–H groups in total. The molecule has 2 aromatic rings. The zero-order chi connectivity index (χ0) is 20.7. The molecule has 0 heterocycles. The molecule has 0 aromatic heterocycles. The van der Waals surface area contributed by atoms with Crippen molar-refractivity contribution in [3.63, 3.8) is 0 Å². The number of amides is 1. The summed E-state index contributed by atoms with van der Waals surface area (Å²) in [5, 5.41) is 2.80. The molecule has 0 aliphatic carbocycles. The first-order valence-electron chi connectivity index (χ1n) is 9.36. The molecule has 0 aliphatic rings. The number of benzene rings is 2. The highest BCUT2D eigenvalue weighted by Crippen LogP contribution is 2.30. The Hall–Kier alpha value is -2.38. The fourth-order valence-corrected chi connectivity index (χ4v) is 4.52. The largest absolute Gasteiger partial charge is 0.495 e. The predicted molar refractivity (Wildman–Crippen MR) is 111 cm³/mol. The van der Waals surface area contributed by atoms with Gasteiger partial charge in [-0.3, -0.25) is 4.79 Å². The van der Waals surface area contributed by atoms with Crippen molar-refractivity contribution in [3.8, 4) is 5.75 Å². The zero-order valence-electron chi connectivity index (χ0n) is 16.8. The normalized spacial score (nSPS) is 12.6. The Morgan fingerprint density at radius 1 is 1.11 bits per heavy atom. The number of carbonyl (C=O) groups is 1. The van der Waals surface area contributed by atoms with Crippen molar-refractivity contribution in [1.29, 1.82) is 0 Å². The first-order valence-corrected chi connectivity index (χ1v) is 10.8. The van der Waals surface area contributed by atoms with E-state index in [1.807, 2.05) is 37.3 Å². The van der Waals surface area contributed by atoms with E-state index < -0.39 is 10.0 Å². The van der Waals surface area contributed by atoms with Crippen LogP contribution in [0.25, 0.3) is 0 Å². The summed E-state index contributed by atoms with van der Waals surface area (Å²) in [5.74, 6) is 0.251. The Morgan fingerprint density at radius 2 is 1.75 bits per heavy atom. The molecule has 0 spiro atoms. The van der Waals surface area contributed by atoms with Crippen molar-refractivity contribution in [2.24, 2.45) is 0 Å². The fraction of sp³-hybridized carbons (Fsp3) is 0.381. The summed E-state index contributed by atoms with van der Waals surface area (Å²) in [6.45, 7) is 6.31. The van der Waals surface area contributed by atoms with Gasteiger partial charge in [0.1, 0.15) is 5.75 Å². The summed E-state index contributed by atoms with van der Waals surface area (Å²) >= 11 is 0. The van der Waals surface area contributed by atoms with E-state index in [1.165, 1.54) is 23.5 Å². The van der Waals surface area contributed by atoms with Gasteiger partial charge in [0, 0.05) is 19.5 Å². The average Bonchev–Trinajstić information content (AvgIpc) is 2.69. The lowest BCUT2D eigenvalue weighted by molar-refractivity contribution is -0.116. The minimum absolute atomic E-state index is 0.0368. The third-order valence-corrected chi connectivity index (χ3v) is 6.69. The predicted octanol–water partition coefficient (Wildman–Crippen LogP) is 3.86. The molecule has 0 aliphatic heterocycles. The summed E-state index contributed by atoms with van der Waals surface area (Å²) in [6, 6.07) is 14.3. The number of nitrogens with zero attached hydrogens (tertiary/aromatic N) is 1. The molecule has 0 fully saturated rings. The SMILES string of the molecule is CCN(CC)S(=O)(=O)c1ccc(OC)c(NC(=O)CC(C)c2ccccc2)c1. The molecule has 1 unspecified atom stereocenters. The first kappa shape index (κ1) is 21.9. The summed E-state index contributed by atoms with van der Waals surface area (Å²) in [5.41, 5.74) is 1.42. The van der Waals surface area contributed by atoms with Crippen LogP contribution in [0.3, 0.4) is 0 Å². The molecule has 6 nitrogen and oxygen atoms in total. The highest BCUT2D eigenvalue weighted by molar-refractivity contribution is 7.89.